The first kappa shape index (κ1) is 20.7. The van der Waals surface area contributed by atoms with Gasteiger partial charge in [0, 0.05) is 5.57 Å². The van der Waals surface area contributed by atoms with Crippen molar-refractivity contribution in [2.75, 3.05) is 6.61 Å². The number of benzene rings is 2. The minimum Gasteiger partial charge on any atom is -0.462 e. The van der Waals surface area contributed by atoms with Crippen LogP contribution in [0.15, 0.2) is 54.1 Å². The summed E-state index contributed by atoms with van der Waals surface area (Å²) in [6.45, 7) is 5.29. The molecule has 0 aromatic heterocycles. The fraction of sp³-hybridized carbons (Fsp3) is 0.318. The lowest BCUT2D eigenvalue weighted by atomic mass is 9.91. The SMILES string of the molecule is CCOC(=O)C(=C(c1ccc(CC)cc1)c1ccc(CC)cc1)C(F)(F)F. The summed E-state index contributed by atoms with van der Waals surface area (Å²) in [6, 6.07) is 13.6. The minimum absolute atomic E-state index is 0.130. The molecule has 0 amide bonds. The summed E-state index contributed by atoms with van der Waals surface area (Å²) < 4.78 is 46.3. The fourth-order valence-electron chi connectivity index (χ4n) is 2.83. The molecular weight excluding hydrogens is 353 g/mol. The van der Waals surface area contributed by atoms with Crippen molar-refractivity contribution in [1.82, 2.24) is 0 Å². The third kappa shape index (κ3) is 5.00. The molecule has 0 atom stereocenters. The highest BCUT2D eigenvalue weighted by atomic mass is 19.4. The second kappa shape index (κ2) is 8.89. The van der Waals surface area contributed by atoms with Gasteiger partial charge in [-0.15, -0.1) is 0 Å². The molecule has 0 fully saturated rings. The van der Waals surface area contributed by atoms with Gasteiger partial charge in [0.15, 0.2) is 0 Å². The highest BCUT2D eigenvalue weighted by molar-refractivity contribution is 6.03. The Bertz CT molecular complexity index is 751. The van der Waals surface area contributed by atoms with Crippen LogP contribution in [-0.4, -0.2) is 18.8 Å². The lowest BCUT2D eigenvalue weighted by molar-refractivity contribution is -0.149. The van der Waals surface area contributed by atoms with Crippen molar-refractivity contribution in [2.45, 2.75) is 39.8 Å². The van der Waals surface area contributed by atoms with Crippen LogP contribution in [0.5, 0.6) is 0 Å². The molecule has 0 N–H and O–H groups in total. The number of aryl methyl sites for hydroxylation is 2. The average Bonchev–Trinajstić information content (AvgIpc) is 2.65. The number of ether oxygens (including phenoxy) is 1. The van der Waals surface area contributed by atoms with E-state index in [0.717, 1.165) is 24.0 Å². The highest BCUT2D eigenvalue weighted by Crippen LogP contribution is 2.37. The van der Waals surface area contributed by atoms with E-state index >= 15 is 0 Å². The van der Waals surface area contributed by atoms with Crippen LogP contribution in [0.4, 0.5) is 13.2 Å². The standard InChI is InChI=1S/C22H23F3O2/c1-4-15-7-11-17(12-8-15)19(18-13-9-16(5-2)10-14-18)20(22(23,24)25)21(26)27-6-3/h7-14H,4-6H2,1-3H3. The van der Waals surface area contributed by atoms with Gasteiger partial charge in [0.25, 0.3) is 0 Å². The molecule has 0 aliphatic rings. The van der Waals surface area contributed by atoms with E-state index in [1.54, 1.807) is 48.5 Å². The number of esters is 1. The van der Waals surface area contributed by atoms with Crippen LogP contribution in [0.3, 0.4) is 0 Å². The second-order valence-corrected chi connectivity index (χ2v) is 6.07. The summed E-state index contributed by atoms with van der Waals surface area (Å²) in [5.41, 5.74) is 1.23. The van der Waals surface area contributed by atoms with Crippen molar-refractivity contribution < 1.29 is 22.7 Å². The average molecular weight is 376 g/mol. The molecule has 2 nitrogen and oxygen atoms in total. The van der Waals surface area contributed by atoms with Gasteiger partial charge >= 0.3 is 12.1 Å². The molecule has 0 unspecified atom stereocenters. The van der Waals surface area contributed by atoms with E-state index in [-0.39, 0.29) is 12.2 Å². The highest BCUT2D eigenvalue weighted by Gasteiger charge is 2.43. The maximum Gasteiger partial charge on any atom is 0.424 e. The Labute approximate surface area is 157 Å². The second-order valence-electron chi connectivity index (χ2n) is 6.07. The van der Waals surface area contributed by atoms with Gasteiger partial charge in [0.05, 0.1) is 6.61 Å². The number of hydrogen-bond donors (Lipinski definition) is 0. The predicted molar refractivity (Wildman–Crippen MR) is 100 cm³/mol. The normalized spacial score (nSPS) is 11.2. The number of rotatable bonds is 6. The Balaban J connectivity index is 2.76. The van der Waals surface area contributed by atoms with E-state index in [1.807, 2.05) is 13.8 Å². The number of alkyl halides is 3. The fourth-order valence-corrected chi connectivity index (χ4v) is 2.83. The summed E-state index contributed by atoms with van der Waals surface area (Å²) in [7, 11) is 0. The maximum absolute atomic E-state index is 13.8. The molecule has 0 radical (unpaired) electrons. The molecular formula is C22H23F3O2. The van der Waals surface area contributed by atoms with E-state index in [9.17, 15) is 18.0 Å². The molecule has 0 saturated heterocycles. The third-order valence-corrected chi connectivity index (χ3v) is 4.31. The largest absolute Gasteiger partial charge is 0.462 e. The van der Waals surface area contributed by atoms with Gasteiger partial charge < -0.3 is 4.74 Å². The number of halogens is 3. The lowest BCUT2D eigenvalue weighted by Gasteiger charge is -2.18. The molecule has 27 heavy (non-hydrogen) atoms. The Morgan fingerprint density at radius 3 is 1.52 bits per heavy atom. The van der Waals surface area contributed by atoms with E-state index in [2.05, 4.69) is 0 Å². The van der Waals surface area contributed by atoms with Crippen LogP contribution in [-0.2, 0) is 22.4 Å². The monoisotopic (exact) mass is 376 g/mol. The van der Waals surface area contributed by atoms with Gasteiger partial charge in [-0.05, 0) is 42.0 Å². The van der Waals surface area contributed by atoms with Gasteiger partial charge in [0.2, 0.25) is 0 Å². The summed E-state index contributed by atoms with van der Waals surface area (Å²) in [4.78, 5) is 12.2. The minimum atomic E-state index is -4.84. The Hall–Kier alpha value is -2.56. The van der Waals surface area contributed by atoms with Crippen molar-refractivity contribution in [3.05, 3.63) is 76.4 Å². The van der Waals surface area contributed by atoms with E-state index in [1.165, 1.54) is 6.92 Å². The summed E-state index contributed by atoms with van der Waals surface area (Å²) in [5, 5.41) is 0. The zero-order chi connectivity index (χ0) is 20.0. The molecule has 2 aromatic rings. The summed E-state index contributed by atoms with van der Waals surface area (Å²) >= 11 is 0. The molecule has 2 aromatic carbocycles. The van der Waals surface area contributed by atoms with Crippen LogP contribution in [0.1, 0.15) is 43.0 Å². The van der Waals surface area contributed by atoms with Gasteiger partial charge in [-0.1, -0.05) is 62.4 Å². The Morgan fingerprint density at radius 1 is 0.815 bits per heavy atom. The number of carbonyl (C=O) groups is 1. The van der Waals surface area contributed by atoms with Crippen molar-refractivity contribution >= 4 is 11.5 Å². The zero-order valence-corrected chi connectivity index (χ0v) is 15.7. The van der Waals surface area contributed by atoms with Gasteiger partial charge in [-0.25, -0.2) is 4.79 Å². The van der Waals surface area contributed by atoms with Crippen LogP contribution < -0.4 is 0 Å². The van der Waals surface area contributed by atoms with E-state index in [0.29, 0.717) is 11.1 Å². The van der Waals surface area contributed by atoms with Crippen molar-refractivity contribution in [2.24, 2.45) is 0 Å². The van der Waals surface area contributed by atoms with Gasteiger partial charge in [-0.3, -0.25) is 0 Å². The van der Waals surface area contributed by atoms with Crippen LogP contribution in [0.2, 0.25) is 0 Å². The number of carbonyl (C=O) groups excluding carboxylic acids is 1. The molecule has 5 heteroatoms. The van der Waals surface area contributed by atoms with Gasteiger partial charge in [-0.2, -0.15) is 13.2 Å². The van der Waals surface area contributed by atoms with Crippen molar-refractivity contribution in [3.8, 4) is 0 Å². The van der Waals surface area contributed by atoms with Crippen LogP contribution >= 0.6 is 0 Å². The third-order valence-electron chi connectivity index (χ3n) is 4.31. The van der Waals surface area contributed by atoms with E-state index < -0.39 is 17.7 Å². The molecule has 0 bridgehead atoms. The van der Waals surface area contributed by atoms with Crippen molar-refractivity contribution in [3.63, 3.8) is 0 Å². The first-order valence-corrected chi connectivity index (χ1v) is 8.99. The predicted octanol–water partition coefficient (Wildman–Crippen LogP) is 5.74. The van der Waals surface area contributed by atoms with Crippen LogP contribution in [0, 0.1) is 0 Å². The summed E-state index contributed by atoms with van der Waals surface area (Å²) in [5.74, 6) is -1.36. The molecule has 0 spiro atoms. The first-order valence-electron chi connectivity index (χ1n) is 8.99. The molecule has 2 rings (SSSR count). The maximum atomic E-state index is 13.8. The smallest absolute Gasteiger partial charge is 0.424 e. The van der Waals surface area contributed by atoms with Gasteiger partial charge in [0.1, 0.15) is 5.57 Å². The molecule has 0 saturated carbocycles. The molecule has 0 aliphatic carbocycles. The molecule has 144 valence electrons. The first-order chi connectivity index (χ1) is 12.8. The molecule has 0 heterocycles. The quantitative estimate of drug-likeness (QED) is 0.475. The van der Waals surface area contributed by atoms with Crippen molar-refractivity contribution in [1.29, 1.82) is 0 Å². The van der Waals surface area contributed by atoms with E-state index in [4.69, 9.17) is 4.74 Å². The molecule has 0 aliphatic heterocycles. The lowest BCUT2D eigenvalue weighted by Crippen LogP contribution is -2.24. The zero-order valence-electron chi connectivity index (χ0n) is 15.7. The Kier molecular flexibility index (Phi) is 6.83. The van der Waals surface area contributed by atoms with Crippen LogP contribution in [0.25, 0.3) is 5.57 Å². The topological polar surface area (TPSA) is 26.3 Å². The number of hydrogen-bond acceptors (Lipinski definition) is 2. The Morgan fingerprint density at radius 2 is 1.22 bits per heavy atom. The summed E-state index contributed by atoms with van der Waals surface area (Å²) in [6.07, 6.45) is -3.29.